The summed E-state index contributed by atoms with van der Waals surface area (Å²) < 4.78 is 42.5. The Kier molecular flexibility index (Phi) is 8.53. The van der Waals surface area contributed by atoms with Crippen LogP contribution in [0.5, 0.6) is 5.75 Å². The van der Waals surface area contributed by atoms with Crippen LogP contribution < -0.4 is 15.0 Å². The highest BCUT2D eigenvalue weighted by molar-refractivity contribution is 8.15. The first-order chi connectivity index (χ1) is 20.5. The number of nitrogens with one attached hydrogen (secondary N) is 1. The van der Waals surface area contributed by atoms with Crippen LogP contribution in [0.25, 0.3) is 17.1 Å². The molecule has 2 heterocycles. The van der Waals surface area contributed by atoms with Crippen LogP contribution in [0.2, 0.25) is 0 Å². The third-order valence-corrected chi connectivity index (χ3v) is 7.42. The molecule has 0 aliphatic carbocycles. The number of hydrogen-bond donors (Lipinski definition) is 1. The number of rotatable bonds is 7. The number of thioether (sulfide) groups is 1. The zero-order valence-electron chi connectivity index (χ0n) is 23.4. The van der Waals surface area contributed by atoms with Gasteiger partial charge in [-0.3, -0.25) is 9.69 Å². The van der Waals surface area contributed by atoms with Gasteiger partial charge in [-0.1, -0.05) is 62.0 Å². The summed E-state index contributed by atoms with van der Waals surface area (Å²) in [5.74, 6) is 0.357. The summed E-state index contributed by atoms with van der Waals surface area (Å²) >= 11 is 1.23. The minimum absolute atomic E-state index is 0.122. The Bertz CT molecular complexity index is 1670. The average Bonchev–Trinajstić information content (AvgIpc) is 3.58. The zero-order valence-corrected chi connectivity index (χ0v) is 24.2. The van der Waals surface area contributed by atoms with Gasteiger partial charge in [-0.15, -0.1) is 18.3 Å². The molecule has 0 atom stereocenters. The van der Waals surface area contributed by atoms with E-state index in [9.17, 15) is 22.8 Å². The lowest BCUT2D eigenvalue weighted by atomic mass is 9.99. The molecular formula is C30H27F3N6O3S. The number of aromatic nitrogens is 3. The number of urea groups is 1. The van der Waals surface area contributed by atoms with Crippen LogP contribution >= 0.6 is 11.8 Å². The molecule has 0 saturated carbocycles. The van der Waals surface area contributed by atoms with E-state index in [2.05, 4.69) is 39.0 Å². The minimum atomic E-state index is -4.76. The Morgan fingerprint density at radius 3 is 2.49 bits per heavy atom. The van der Waals surface area contributed by atoms with Gasteiger partial charge in [0.1, 0.15) is 12.1 Å². The van der Waals surface area contributed by atoms with E-state index >= 15 is 0 Å². The van der Waals surface area contributed by atoms with Crippen molar-refractivity contribution in [1.82, 2.24) is 20.1 Å². The van der Waals surface area contributed by atoms with E-state index in [1.807, 2.05) is 37.3 Å². The molecular weight excluding hydrogens is 581 g/mol. The van der Waals surface area contributed by atoms with Crippen molar-refractivity contribution in [3.63, 3.8) is 0 Å². The fourth-order valence-electron chi connectivity index (χ4n) is 4.41. The summed E-state index contributed by atoms with van der Waals surface area (Å²) in [5, 5.41) is 7.51. The molecule has 1 fully saturated rings. The highest BCUT2D eigenvalue weighted by Gasteiger charge is 2.33. The topological polar surface area (TPSA) is 102 Å². The Balaban J connectivity index is 1.22. The van der Waals surface area contributed by atoms with Gasteiger partial charge in [0.2, 0.25) is 5.91 Å². The van der Waals surface area contributed by atoms with Gasteiger partial charge in [0.05, 0.1) is 17.1 Å². The number of amides is 3. The van der Waals surface area contributed by atoms with Gasteiger partial charge in [-0.25, -0.2) is 14.5 Å². The smallest absolute Gasteiger partial charge is 0.406 e. The number of carbonyl (C=O) groups is 2. The second-order valence-electron chi connectivity index (χ2n) is 10.0. The van der Waals surface area contributed by atoms with Crippen molar-refractivity contribution < 1.29 is 27.5 Å². The largest absolute Gasteiger partial charge is 0.573 e. The molecule has 0 radical (unpaired) electrons. The van der Waals surface area contributed by atoms with Crippen LogP contribution in [0.1, 0.15) is 36.5 Å². The Hall–Kier alpha value is -4.65. The van der Waals surface area contributed by atoms with Crippen molar-refractivity contribution in [3.8, 4) is 22.8 Å². The third-order valence-electron chi connectivity index (χ3n) is 6.49. The molecule has 222 valence electrons. The normalized spacial score (nSPS) is 14.5. The summed E-state index contributed by atoms with van der Waals surface area (Å²) in [7, 11) is 0. The first-order valence-electron chi connectivity index (χ1n) is 13.3. The molecule has 3 amide bonds. The monoisotopic (exact) mass is 608 g/mol. The third kappa shape index (κ3) is 7.23. The lowest BCUT2D eigenvalue weighted by molar-refractivity contribution is -0.274. The molecule has 1 aliphatic rings. The first-order valence-corrected chi connectivity index (χ1v) is 14.3. The van der Waals surface area contributed by atoms with Crippen molar-refractivity contribution in [2.75, 3.05) is 10.7 Å². The molecule has 9 nitrogen and oxygen atoms in total. The molecule has 13 heteroatoms. The second-order valence-corrected chi connectivity index (χ2v) is 11.0. The van der Waals surface area contributed by atoms with Gasteiger partial charge in [0.25, 0.3) is 0 Å². The molecule has 1 saturated heterocycles. The number of amidine groups is 1. The van der Waals surface area contributed by atoms with Crippen LogP contribution in [0.15, 0.2) is 78.0 Å². The van der Waals surface area contributed by atoms with Crippen molar-refractivity contribution in [3.05, 3.63) is 89.7 Å². The van der Waals surface area contributed by atoms with Crippen LogP contribution in [0, 0.1) is 6.92 Å². The van der Waals surface area contributed by atoms with Gasteiger partial charge in [-0.05, 0) is 59.9 Å². The van der Waals surface area contributed by atoms with Gasteiger partial charge in [0, 0.05) is 12.1 Å². The maximum Gasteiger partial charge on any atom is 0.573 e. The van der Waals surface area contributed by atoms with E-state index in [1.165, 1.54) is 51.9 Å². The minimum Gasteiger partial charge on any atom is -0.406 e. The molecule has 1 aromatic heterocycles. The molecule has 0 unspecified atom stereocenters. The van der Waals surface area contributed by atoms with E-state index in [0.29, 0.717) is 22.2 Å². The quantitative estimate of drug-likeness (QED) is 0.253. The molecule has 43 heavy (non-hydrogen) atoms. The van der Waals surface area contributed by atoms with Gasteiger partial charge in [0.15, 0.2) is 11.0 Å². The average molecular weight is 609 g/mol. The maximum atomic E-state index is 12.8. The van der Waals surface area contributed by atoms with Gasteiger partial charge in [-0.2, -0.15) is 4.99 Å². The van der Waals surface area contributed by atoms with Crippen LogP contribution in [-0.2, 0) is 11.3 Å². The Labute approximate surface area is 249 Å². The number of anilines is 1. The number of halogens is 3. The van der Waals surface area contributed by atoms with Crippen molar-refractivity contribution in [1.29, 1.82) is 0 Å². The SMILES string of the molecule is Cc1ccc(C(C)C)c(N2C(=O)CS/C2=N\C(=O)NCc2ccc(-c3ncn(-c4ccc(OC(F)(F)F)cc4)n3)cc2)c1. The predicted molar refractivity (Wildman–Crippen MR) is 158 cm³/mol. The Morgan fingerprint density at radius 1 is 1.09 bits per heavy atom. The summed E-state index contributed by atoms with van der Waals surface area (Å²) in [6.07, 6.45) is -3.31. The van der Waals surface area contributed by atoms with Crippen LogP contribution in [-0.4, -0.2) is 44.0 Å². The highest BCUT2D eigenvalue weighted by atomic mass is 32.2. The lowest BCUT2D eigenvalue weighted by Crippen LogP contribution is -2.32. The lowest BCUT2D eigenvalue weighted by Gasteiger charge is -2.22. The number of alkyl halides is 3. The fourth-order valence-corrected chi connectivity index (χ4v) is 5.27. The summed E-state index contributed by atoms with van der Waals surface area (Å²) in [6, 6.07) is 17.9. The number of ether oxygens (including phenoxy) is 1. The number of aliphatic imine (C=N–C) groups is 1. The molecule has 3 aromatic carbocycles. The molecule has 4 aromatic rings. The number of carbonyl (C=O) groups excluding carboxylic acids is 2. The standard InChI is InChI=1S/C30H27F3N6O3S/c1-18(2)24-13-4-19(3)14-25(24)39-26(40)16-43-29(39)36-28(41)34-15-20-5-7-21(8-6-20)27-35-17-38(37-27)22-9-11-23(12-10-22)42-30(31,32)33/h4-14,17-18H,15-16H2,1-3H3,(H,34,41)/b36-29-. The molecule has 1 N–H and O–H groups in total. The maximum absolute atomic E-state index is 12.8. The Morgan fingerprint density at radius 2 is 1.81 bits per heavy atom. The zero-order chi connectivity index (χ0) is 30.7. The fraction of sp³-hybridized carbons (Fsp3) is 0.233. The predicted octanol–water partition coefficient (Wildman–Crippen LogP) is 6.61. The van der Waals surface area contributed by atoms with Crippen molar-refractivity contribution in [2.24, 2.45) is 4.99 Å². The van der Waals surface area contributed by atoms with Gasteiger partial charge >= 0.3 is 12.4 Å². The first kappa shape index (κ1) is 29.8. The number of nitrogens with zero attached hydrogens (tertiary/aromatic N) is 5. The molecule has 1 aliphatic heterocycles. The van der Waals surface area contributed by atoms with E-state index in [4.69, 9.17) is 0 Å². The summed E-state index contributed by atoms with van der Waals surface area (Å²) in [4.78, 5) is 35.5. The number of benzene rings is 3. The van der Waals surface area contributed by atoms with Crippen LogP contribution in [0.4, 0.5) is 23.7 Å². The van der Waals surface area contributed by atoms with Crippen LogP contribution in [0.3, 0.4) is 0 Å². The van der Waals surface area contributed by atoms with E-state index < -0.39 is 12.4 Å². The molecule has 0 spiro atoms. The molecule has 5 rings (SSSR count). The van der Waals surface area contributed by atoms with Crippen molar-refractivity contribution in [2.45, 2.75) is 39.6 Å². The molecule has 0 bridgehead atoms. The van der Waals surface area contributed by atoms with E-state index in [0.717, 1.165) is 22.4 Å². The van der Waals surface area contributed by atoms with Crippen molar-refractivity contribution >= 4 is 34.6 Å². The number of hydrogen-bond acceptors (Lipinski definition) is 6. The van der Waals surface area contributed by atoms with Gasteiger partial charge < -0.3 is 10.1 Å². The van der Waals surface area contributed by atoms with E-state index in [-0.39, 0.29) is 29.9 Å². The number of aryl methyl sites for hydroxylation is 1. The summed E-state index contributed by atoms with van der Waals surface area (Å²) in [5.41, 5.74) is 4.79. The van der Waals surface area contributed by atoms with E-state index in [1.54, 1.807) is 12.1 Å². The highest BCUT2D eigenvalue weighted by Crippen LogP contribution is 2.34. The summed E-state index contributed by atoms with van der Waals surface area (Å²) in [6.45, 7) is 6.27. The second kappa shape index (κ2) is 12.3.